The van der Waals surface area contributed by atoms with Crippen LogP contribution in [0.15, 0.2) is 28.7 Å². The molecule has 0 aliphatic rings. The molecule has 2 rings (SSSR count). The van der Waals surface area contributed by atoms with E-state index < -0.39 is 5.41 Å². The van der Waals surface area contributed by atoms with Gasteiger partial charge in [-0.15, -0.1) is 10.2 Å². The fourth-order valence-electron chi connectivity index (χ4n) is 1.46. The van der Waals surface area contributed by atoms with Gasteiger partial charge in [-0.25, -0.2) is 0 Å². The van der Waals surface area contributed by atoms with Crippen molar-refractivity contribution >= 4 is 11.6 Å². The Kier molecular flexibility index (Phi) is 3.38. The Morgan fingerprint density at radius 1 is 1.26 bits per heavy atom. The van der Waals surface area contributed by atoms with Crippen LogP contribution in [0.25, 0.3) is 11.5 Å². The highest BCUT2D eigenvalue weighted by molar-refractivity contribution is 5.94. The molecule has 1 heterocycles. The van der Waals surface area contributed by atoms with Gasteiger partial charge in [-0.3, -0.25) is 4.79 Å². The topological polar surface area (TPSA) is 68.0 Å². The molecule has 0 spiro atoms. The first-order valence-corrected chi connectivity index (χ1v) is 6.08. The van der Waals surface area contributed by atoms with Gasteiger partial charge in [0.2, 0.25) is 17.7 Å². The van der Waals surface area contributed by atoms with Crippen molar-refractivity contribution in [2.24, 2.45) is 5.41 Å². The van der Waals surface area contributed by atoms with Crippen LogP contribution in [0.3, 0.4) is 0 Å². The van der Waals surface area contributed by atoms with Gasteiger partial charge in [0, 0.05) is 23.6 Å². The Morgan fingerprint density at radius 3 is 2.58 bits per heavy atom. The van der Waals surface area contributed by atoms with Crippen LogP contribution in [0.2, 0.25) is 0 Å². The Balaban J connectivity index is 2.23. The summed E-state index contributed by atoms with van der Waals surface area (Å²) in [5.74, 6) is 0.926. The average Bonchev–Trinajstić information content (AvgIpc) is 2.75. The molecule has 5 heteroatoms. The van der Waals surface area contributed by atoms with Gasteiger partial charge >= 0.3 is 0 Å². The zero-order valence-corrected chi connectivity index (χ0v) is 11.5. The van der Waals surface area contributed by atoms with Gasteiger partial charge in [0.05, 0.1) is 0 Å². The zero-order valence-electron chi connectivity index (χ0n) is 11.5. The summed E-state index contributed by atoms with van der Waals surface area (Å²) in [5.41, 5.74) is 1.07. The number of rotatable bonds is 2. The third-order valence-electron chi connectivity index (χ3n) is 2.57. The third-order valence-corrected chi connectivity index (χ3v) is 2.57. The number of hydrogen-bond donors (Lipinski definition) is 1. The molecule has 0 aliphatic carbocycles. The molecule has 0 bridgehead atoms. The first-order valence-electron chi connectivity index (χ1n) is 6.08. The molecule has 100 valence electrons. The minimum atomic E-state index is -0.433. The molecule has 0 aliphatic heterocycles. The fourth-order valence-corrected chi connectivity index (χ4v) is 1.46. The number of anilines is 1. The molecular weight excluding hydrogens is 242 g/mol. The normalized spacial score (nSPS) is 11.4. The van der Waals surface area contributed by atoms with E-state index in [-0.39, 0.29) is 5.91 Å². The van der Waals surface area contributed by atoms with Gasteiger partial charge in [-0.05, 0) is 18.2 Å². The SMILES string of the molecule is Cc1nnc(-c2cccc(NC(=O)C(C)(C)C)c2)o1. The van der Waals surface area contributed by atoms with Crippen LogP contribution >= 0.6 is 0 Å². The highest BCUT2D eigenvalue weighted by Crippen LogP contribution is 2.23. The fraction of sp³-hybridized carbons (Fsp3) is 0.357. The second kappa shape index (κ2) is 4.84. The van der Waals surface area contributed by atoms with Gasteiger partial charge in [0.15, 0.2) is 0 Å². The number of nitrogens with zero attached hydrogens (tertiary/aromatic N) is 2. The summed E-state index contributed by atoms with van der Waals surface area (Å²) in [6, 6.07) is 7.35. The first kappa shape index (κ1) is 13.3. The average molecular weight is 259 g/mol. The van der Waals surface area contributed by atoms with E-state index in [0.717, 1.165) is 5.56 Å². The smallest absolute Gasteiger partial charge is 0.247 e. The summed E-state index contributed by atoms with van der Waals surface area (Å²) in [5, 5.41) is 10.6. The highest BCUT2D eigenvalue weighted by atomic mass is 16.4. The summed E-state index contributed by atoms with van der Waals surface area (Å²) < 4.78 is 5.36. The van der Waals surface area contributed by atoms with Gasteiger partial charge in [0.1, 0.15) is 0 Å². The van der Waals surface area contributed by atoms with Gasteiger partial charge in [0.25, 0.3) is 0 Å². The number of amides is 1. The molecule has 0 radical (unpaired) electrons. The molecule has 1 amide bonds. The molecule has 19 heavy (non-hydrogen) atoms. The Hall–Kier alpha value is -2.17. The van der Waals surface area contributed by atoms with Crippen LogP contribution < -0.4 is 5.32 Å². The lowest BCUT2D eigenvalue weighted by atomic mass is 9.95. The molecule has 5 nitrogen and oxygen atoms in total. The van der Waals surface area contributed by atoms with Crippen LogP contribution in [-0.2, 0) is 4.79 Å². The molecule has 2 aromatic rings. The lowest BCUT2D eigenvalue weighted by Gasteiger charge is -2.17. The highest BCUT2D eigenvalue weighted by Gasteiger charge is 2.21. The molecule has 1 N–H and O–H groups in total. The van der Waals surface area contributed by atoms with Crippen LogP contribution in [0.5, 0.6) is 0 Å². The first-order chi connectivity index (χ1) is 8.86. The van der Waals surface area contributed by atoms with Crippen molar-refractivity contribution in [3.05, 3.63) is 30.2 Å². The van der Waals surface area contributed by atoms with Crippen molar-refractivity contribution in [3.8, 4) is 11.5 Å². The van der Waals surface area contributed by atoms with Crippen molar-refractivity contribution in [1.82, 2.24) is 10.2 Å². The van der Waals surface area contributed by atoms with Crippen LogP contribution in [0.1, 0.15) is 26.7 Å². The summed E-state index contributed by atoms with van der Waals surface area (Å²) in [4.78, 5) is 11.9. The van der Waals surface area contributed by atoms with Gasteiger partial charge in [-0.2, -0.15) is 0 Å². The molecular formula is C14H17N3O2. The lowest BCUT2D eigenvalue weighted by Crippen LogP contribution is -2.27. The molecule has 0 unspecified atom stereocenters. The molecule has 0 atom stereocenters. The number of hydrogen-bond acceptors (Lipinski definition) is 4. The molecule has 0 saturated carbocycles. The summed E-state index contributed by atoms with van der Waals surface area (Å²) >= 11 is 0. The van der Waals surface area contributed by atoms with Crippen LogP contribution in [0, 0.1) is 12.3 Å². The van der Waals surface area contributed by atoms with E-state index in [1.54, 1.807) is 6.92 Å². The molecule has 0 fully saturated rings. The van der Waals surface area contributed by atoms with Crippen molar-refractivity contribution in [2.45, 2.75) is 27.7 Å². The monoisotopic (exact) mass is 259 g/mol. The van der Waals surface area contributed by atoms with Crippen LogP contribution in [0.4, 0.5) is 5.69 Å². The van der Waals surface area contributed by atoms with Crippen molar-refractivity contribution < 1.29 is 9.21 Å². The van der Waals surface area contributed by atoms with E-state index in [1.165, 1.54) is 0 Å². The second-order valence-electron chi connectivity index (χ2n) is 5.41. The van der Waals surface area contributed by atoms with E-state index in [9.17, 15) is 4.79 Å². The van der Waals surface area contributed by atoms with E-state index in [1.807, 2.05) is 45.0 Å². The van der Waals surface area contributed by atoms with Gasteiger partial charge in [-0.1, -0.05) is 26.8 Å². The maximum absolute atomic E-state index is 11.9. The number of aryl methyl sites for hydroxylation is 1. The Labute approximate surface area is 112 Å². The van der Waals surface area contributed by atoms with Crippen LogP contribution in [-0.4, -0.2) is 16.1 Å². The third kappa shape index (κ3) is 3.19. The second-order valence-corrected chi connectivity index (χ2v) is 5.41. The quantitative estimate of drug-likeness (QED) is 0.900. The largest absolute Gasteiger partial charge is 0.421 e. The summed E-state index contributed by atoms with van der Waals surface area (Å²) in [7, 11) is 0. The minimum Gasteiger partial charge on any atom is -0.421 e. The molecule has 0 saturated heterocycles. The minimum absolute atomic E-state index is 0.0358. The van der Waals surface area contributed by atoms with Crippen molar-refractivity contribution in [3.63, 3.8) is 0 Å². The maximum Gasteiger partial charge on any atom is 0.247 e. The van der Waals surface area contributed by atoms with Crippen molar-refractivity contribution in [2.75, 3.05) is 5.32 Å². The van der Waals surface area contributed by atoms with Gasteiger partial charge < -0.3 is 9.73 Å². The number of carbonyl (C=O) groups is 1. The van der Waals surface area contributed by atoms with E-state index >= 15 is 0 Å². The lowest BCUT2D eigenvalue weighted by molar-refractivity contribution is -0.123. The Morgan fingerprint density at radius 2 is 2.00 bits per heavy atom. The van der Waals surface area contributed by atoms with Crippen molar-refractivity contribution in [1.29, 1.82) is 0 Å². The van der Waals surface area contributed by atoms with E-state index in [2.05, 4.69) is 15.5 Å². The Bertz CT molecular complexity index is 597. The predicted molar refractivity (Wildman–Crippen MR) is 72.6 cm³/mol. The number of carbonyl (C=O) groups excluding carboxylic acids is 1. The molecule has 1 aromatic carbocycles. The maximum atomic E-state index is 11.9. The number of benzene rings is 1. The summed E-state index contributed by atoms with van der Waals surface area (Å²) in [6.45, 7) is 7.34. The number of nitrogens with one attached hydrogen (secondary N) is 1. The van der Waals surface area contributed by atoms with E-state index in [0.29, 0.717) is 17.5 Å². The zero-order chi connectivity index (χ0) is 14.0. The van der Waals surface area contributed by atoms with E-state index in [4.69, 9.17) is 4.42 Å². The standard InChI is InChI=1S/C14H17N3O2/c1-9-16-17-12(19-9)10-6-5-7-11(8-10)15-13(18)14(2,3)4/h5-8H,1-4H3,(H,15,18). The predicted octanol–water partition coefficient (Wildman–Crippen LogP) is 3.03. The summed E-state index contributed by atoms with van der Waals surface area (Å²) in [6.07, 6.45) is 0. The molecule has 1 aromatic heterocycles. The number of aromatic nitrogens is 2.